The lowest BCUT2D eigenvalue weighted by atomic mass is 10.2. The zero-order chi connectivity index (χ0) is 13.1. The number of carbonyl (C=O) groups is 3. The predicted octanol–water partition coefficient (Wildman–Crippen LogP) is 1.82. The van der Waals surface area contributed by atoms with Gasteiger partial charge in [0.15, 0.2) is 0 Å². The van der Waals surface area contributed by atoms with Crippen LogP contribution in [0.5, 0.6) is 0 Å². The maximum absolute atomic E-state index is 11.9. The van der Waals surface area contributed by atoms with Crippen molar-refractivity contribution >= 4 is 23.5 Å². The van der Waals surface area contributed by atoms with Gasteiger partial charge in [-0.1, -0.05) is 6.07 Å². The average molecular weight is 247 g/mol. The second-order valence-corrected chi connectivity index (χ2v) is 4.19. The molecule has 2 rings (SSSR count). The number of rotatable bonds is 2. The first-order valence-electron chi connectivity index (χ1n) is 5.79. The van der Waals surface area contributed by atoms with Crippen LogP contribution in [-0.4, -0.2) is 22.9 Å². The number of nitrogens with zero attached hydrogens (tertiary/aromatic N) is 1. The summed E-state index contributed by atoms with van der Waals surface area (Å²) in [5.74, 6) is -1.60. The van der Waals surface area contributed by atoms with E-state index in [-0.39, 0.29) is 17.4 Å². The molecule has 1 aliphatic rings. The number of imide groups is 1. The molecule has 0 unspecified atom stereocenters. The van der Waals surface area contributed by atoms with Gasteiger partial charge in [-0.15, -0.1) is 0 Å². The molecule has 1 fully saturated rings. The van der Waals surface area contributed by atoms with Crippen molar-refractivity contribution in [1.29, 1.82) is 0 Å². The Morgan fingerprint density at radius 2 is 1.72 bits per heavy atom. The summed E-state index contributed by atoms with van der Waals surface area (Å²) in [4.78, 5) is 35.7. The van der Waals surface area contributed by atoms with Crippen molar-refractivity contribution < 1.29 is 19.5 Å². The maximum Gasteiger partial charge on any atom is 0.335 e. The smallest absolute Gasteiger partial charge is 0.335 e. The normalized spacial score (nSPS) is 16.6. The third kappa shape index (κ3) is 2.40. The Labute approximate surface area is 104 Å². The van der Waals surface area contributed by atoms with Crippen molar-refractivity contribution in [3.8, 4) is 0 Å². The molecule has 1 saturated heterocycles. The Hall–Kier alpha value is -2.17. The van der Waals surface area contributed by atoms with Crippen LogP contribution in [0.15, 0.2) is 24.3 Å². The van der Waals surface area contributed by atoms with E-state index >= 15 is 0 Å². The first kappa shape index (κ1) is 12.3. The highest BCUT2D eigenvalue weighted by Crippen LogP contribution is 2.22. The van der Waals surface area contributed by atoms with Gasteiger partial charge in [-0.2, -0.15) is 0 Å². The van der Waals surface area contributed by atoms with E-state index in [1.165, 1.54) is 18.2 Å². The molecule has 0 atom stereocenters. The molecule has 1 aromatic rings. The van der Waals surface area contributed by atoms with E-state index in [1.807, 2.05) is 0 Å². The van der Waals surface area contributed by atoms with Gasteiger partial charge in [0, 0.05) is 12.8 Å². The van der Waals surface area contributed by atoms with Crippen molar-refractivity contribution in [2.75, 3.05) is 4.90 Å². The van der Waals surface area contributed by atoms with E-state index in [4.69, 9.17) is 5.11 Å². The largest absolute Gasteiger partial charge is 0.478 e. The average Bonchev–Trinajstić information content (AvgIpc) is 2.51. The van der Waals surface area contributed by atoms with Gasteiger partial charge < -0.3 is 5.11 Å². The summed E-state index contributed by atoms with van der Waals surface area (Å²) in [7, 11) is 0. The van der Waals surface area contributed by atoms with Crippen LogP contribution in [0, 0.1) is 0 Å². The van der Waals surface area contributed by atoms with E-state index in [1.54, 1.807) is 6.07 Å². The van der Waals surface area contributed by atoms with E-state index < -0.39 is 5.97 Å². The van der Waals surface area contributed by atoms with Crippen LogP contribution in [0.3, 0.4) is 0 Å². The molecule has 18 heavy (non-hydrogen) atoms. The lowest BCUT2D eigenvalue weighted by Gasteiger charge is -2.18. The summed E-state index contributed by atoms with van der Waals surface area (Å²) < 4.78 is 0. The van der Waals surface area contributed by atoms with E-state index in [0.717, 1.165) is 4.90 Å². The fourth-order valence-electron chi connectivity index (χ4n) is 1.98. The topological polar surface area (TPSA) is 74.7 Å². The second-order valence-electron chi connectivity index (χ2n) is 4.19. The van der Waals surface area contributed by atoms with Crippen molar-refractivity contribution in [3.63, 3.8) is 0 Å². The van der Waals surface area contributed by atoms with E-state index in [2.05, 4.69) is 0 Å². The zero-order valence-corrected chi connectivity index (χ0v) is 9.76. The molecule has 1 heterocycles. The number of aromatic carboxylic acids is 1. The third-order valence-electron chi connectivity index (χ3n) is 2.88. The van der Waals surface area contributed by atoms with Gasteiger partial charge in [-0.05, 0) is 31.0 Å². The third-order valence-corrected chi connectivity index (χ3v) is 2.88. The van der Waals surface area contributed by atoms with Crippen molar-refractivity contribution in [1.82, 2.24) is 0 Å². The molecule has 1 aliphatic heterocycles. The summed E-state index contributed by atoms with van der Waals surface area (Å²) in [5, 5.41) is 8.91. The highest BCUT2D eigenvalue weighted by molar-refractivity contribution is 6.15. The monoisotopic (exact) mass is 247 g/mol. The number of carboxylic acids is 1. The fourth-order valence-corrected chi connectivity index (χ4v) is 1.98. The van der Waals surface area contributed by atoms with Gasteiger partial charge in [-0.25, -0.2) is 4.79 Å². The summed E-state index contributed by atoms with van der Waals surface area (Å²) in [6.07, 6.45) is 2.03. The van der Waals surface area contributed by atoms with Crippen LogP contribution in [0.4, 0.5) is 5.69 Å². The molecule has 5 nitrogen and oxygen atoms in total. The lowest BCUT2D eigenvalue weighted by molar-refractivity contribution is -0.125. The van der Waals surface area contributed by atoms with Crippen LogP contribution in [0.2, 0.25) is 0 Å². The SMILES string of the molecule is O=C(O)c1cccc(N2C(=O)CCCCC2=O)c1. The molecule has 1 aromatic carbocycles. The number of hydrogen-bond acceptors (Lipinski definition) is 3. The predicted molar refractivity (Wildman–Crippen MR) is 64.4 cm³/mol. The Morgan fingerprint density at radius 1 is 1.11 bits per heavy atom. The van der Waals surface area contributed by atoms with Crippen LogP contribution >= 0.6 is 0 Å². The molecule has 0 aliphatic carbocycles. The Morgan fingerprint density at radius 3 is 2.28 bits per heavy atom. The van der Waals surface area contributed by atoms with Crippen LogP contribution < -0.4 is 4.90 Å². The van der Waals surface area contributed by atoms with Gasteiger partial charge in [0.1, 0.15) is 0 Å². The highest BCUT2D eigenvalue weighted by atomic mass is 16.4. The molecule has 0 saturated carbocycles. The molecule has 94 valence electrons. The number of benzene rings is 1. The lowest BCUT2D eigenvalue weighted by Crippen LogP contribution is -2.35. The van der Waals surface area contributed by atoms with Crippen molar-refractivity contribution in [3.05, 3.63) is 29.8 Å². The molecular formula is C13H13NO4. The number of amides is 2. The highest BCUT2D eigenvalue weighted by Gasteiger charge is 2.25. The summed E-state index contributed by atoms with van der Waals surface area (Å²) in [6.45, 7) is 0. The van der Waals surface area contributed by atoms with Gasteiger partial charge in [0.2, 0.25) is 11.8 Å². The number of anilines is 1. The minimum absolute atomic E-state index is 0.0670. The van der Waals surface area contributed by atoms with Crippen LogP contribution in [-0.2, 0) is 9.59 Å². The van der Waals surface area contributed by atoms with Crippen molar-refractivity contribution in [2.45, 2.75) is 25.7 Å². The summed E-state index contributed by atoms with van der Waals surface area (Å²) >= 11 is 0. The van der Waals surface area contributed by atoms with E-state index in [0.29, 0.717) is 31.4 Å². The summed E-state index contributed by atoms with van der Waals surface area (Å²) in [6, 6.07) is 5.89. The Balaban J connectivity index is 2.39. The zero-order valence-electron chi connectivity index (χ0n) is 9.76. The minimum Gasteiger partial charge on any atom is -0.478 e. The van der Waals surface area contributed by atoms with E-state index in [9.17, 15) is 14.4 Å². The molecule has 0 bridgehead atoms. The van der Waals surface area contributed by atoms with Crippen LogP contribution in [0.1, 0.15) is 36.0 Å². The fraction of sp³-hybridized carbons (Fsp3) is 0.308. The number of hydrogen-bond donors (Lipinski definition) is 1. The van der Waals surface area contributed by atoms with Crippen molar-refractivity contribution in [2.24, 2.45) is 0 Å². The molecular weight excluding hydrogens is 234 g/mol. The molecule has 1 N–H and O–H groups in total. The standard InChI is InChI=1S/C13H13NO4/c15-11-6-1-2-7-12(16)14(11)10-5-3-4-9(8-10)13(17)18/h3-5,8H,1-2,6-7H2,(H,17,18). The number of carboxylic acid groups (broad SMARTS) is 1. The van der Waals surface area contributed by atoms with Gasteiger partial charge in [-0.3, -0.25) is 14.5 Å². The minimum atomic E-state index is -1.08. The summed E-state index contributed by atoms with van der Waals surface area (Å²) in [5.41, 5.74) is 0.407. The van der Waals surface area contributed by atoms with Gasteiger partial charge in [0.25, 0.3) is 0 Å². The van der Waals surface area contributed by atoms with Gasteiger partial charge >= 0.3 is 5.97 Å². The van der Waals surface area contributed by atoms with Gasteiger partial charge in [0.05, 0.1) is 11.3 Å². The molecule has 2 amide bonds. The maximum atomic E-state index is 11.9. The van der Waals surface area contributed by atoms with Crippen LogP contribution in [0.25, 0.3) is 0 Å². The quantitative estimate of drug-likeness (QED) is 0.809. The molecule has 0 spiro atoms. The first-order chi connectivity index (χ1) is 8.59. The molecule has 0 aromatic heterocycles. The first-order valence-corrected chi connectivity index (χ1v) is 5.79. The molecule has 0 radical (unpaired) electrons. The Kier molecular flexibility index (Phi) is 3.41. The molecule has 5 heteroatoms. The number of carbonyl (C=O) groups excluding carboxylic acids is 2. The second kappa shape index (κ2) is 5.00. The Bertz CT molecular complexity index is 491.